The summed E-state index contributed by atoms with van der Waals surface area (Å²) in [4.78, 5) is 33.2. The molecular formula is C22H25N3O3. The van der Waals surface area contributed by atoms with Gasteiger partial charge in [-0.15, -0.1) is 0 Å². The number of hydrogen-bond donors (Lipinski definition) is 0. The third-order valence-corrected chi connectivity index (χ3v) is 5.45. The van der Waals surface area contributed by atoms with Crippen LogP contribution in [0.2, 0.25) is 0 Å². The number of carbonyl (C=O) groups excluding carboxylic acids is 2. The number of likely N-dealkylation sites (tertiary alicyclic amines) is 1. The van der Waals surface area contributed by atoms with Crippen molar-refractivity contribution in [3.63, 3.8) is 0 Å². The average molecular weight is 379 g/mol. The first-order valence-electron chi connectivity index (χ1n) is 9.75. The van der Waals surface area contributed by atoms with Gasteiger partial charge in [0.05, 0.1) is 12.5 Å². The van der Waals surface area contributed by atoms with Gasteiger partial charge in [-0.3, -0.25) is 9.59 Å². The number of anilines is 1. The largest absolute Gasteiger partial charge is 0.472 e. The Hall–Kier alpha value is -2.89. The van der Waals surface area contributed by atoms with Crippen molar-refractivity contribution in [2.24, 2.45) is 5.92 Å². The number of ether oxygens (including phenoxy) is 1. The van der Waals surface area contributed by atoms with Gasteiger partial charge < -0.3 is 14.5 Å². The van der Waals surface area contributed by atoms with E-state index in [9.17, 15) is 9.59 Å². The van der Waals surface area contributed by atoms with Gasteiger partial charge in [-0.2, -0.15) is 0 Å². The Balaban J connectivity index is 1.35. The van der Waals surface area contributed by atoms with Crippen LogP contribution in [0.5, 0.6) is 5.88 Å². The molecule has 2 aromatic rings. The van der Waals surface area contributed by atoms with E-state index < -0.39 is 0 Å². The first-order valence-corrected chi connectivity index (χ1v) is 9.75. The molecule has 2 aliphatic rings. The van der Waals surface area contributed by atoms with Crippen LogP contribution >= 0.6 is 0 Å². The van der Waals surface area contributed by atoms with E-state index in [1.807, 2.05) is 55.1 Å². The van der Waals surface area contributed by atoms with Crippen molar-refractivity contribution < 1.29 is 14.3 Å². The molecule has 146 valence electrons. The predicted octanol–water partition coefficient (Wildman–Crippen LogP) is 2.73. The lowest BCUT2D eigenvalue weighted by atomic mass is 10.1. The quantitative estimate of drug-likeness (QED) is 0.819. The summed E-state index contributed by atoms with van der Waals surface area (Å²) in [6.45, 7) is 5.64. The molecular weight excluding hydrogens is 354 g/mol. The zero-order chi connectivity index (χ0) is 19.7. The first kappa shape index (κ1) is 18.5. The van der Waals surface area contributed by atoms with Crippen molar-refractivity contribution in [3.05, 3.63) is 53.7 Å². The van der Waals surface area contributed by atoms with E-state index in [-0.39, 0.29) is 30.3 Å². The second-order valence-corrected chi connectivity index (χ2v) is 7.73. The summed E-state index contributed by atoms with van der Waals surface area (Å²) in [5.41, 5.74) is 3.09. The molecule has 1 aromatic carbocycles. The molecule has 2 unspecified atom stereocenters. The molecule has 28 heavy (non-hydrogen) atoms. The maximum atomic E-state index is 12.9. The molecule has 6 heteroatoms. The van der Waals surface area contributed by atoms with Crippen molar-refractivity contribution in [2.75, 3.05) is 24.5 Å². The summed E-state index contributed by atoms with van der Waals surface area (Å²) in [6.07, 6.45) is 2.78. The molecule has 2 atom stereocenters. The van der Waals surface area contributed by atoms with Crippen LogP contribution in [0.1, 0.15) is 24.0 Å². The second-order valence-electron chi connectivity index (χ2n) is 7.73. The molecule has 0 bridgehead atoms. The number of benzene rings is 1. The lowest BCUT2D eigenvalue weighted by Crippen LogP contribution is -2.37. The molecule has 0 N–H and O–H groups in total. The summed E-state index contributed by atoms with van der Waals surface area (Å²) in [5.74, 6) is 0.362. The van der Waals surface area contributed by atoms with E-state index >= 15 is 0 Å². The number of nitrogens with zero attached hydrogens (tertiary/aromatic N) is 3. The van der Waals surface area contributed by atoms with Crippen molar-refractivity contribution >= 4 is 17.5 Å². The molecule has 6 nitrogen and oxygen atoms in total. The van der Waals surface area contributed by atoms with Gasteiger partial charge in [0.2, 0.25) is 17.7 Å². The summed E-state index contributed by atoms with van der Waals surface area (Å²) >= 11 is 0. The third kappa shape index (κ3) is 3.86. The SMILES string of the molecule is Cc1ccc(N2CC(C(=O)N3CCC(Oc4ccc(C)cn4)C3)CC2=O)cc1. The Morgan fingerprint density at radius 3 is 2.54 bits per heavy atom. The monoisotopic (exact) mass is 379 g/mol. The Bertz CT molecular complexity index is 864. The first-order chi connectivity index (χ1) is 13.5. The van der Waals surface area contributed by atoms with Crippen LogP contribution < -0.4 is 9.64 Å². The molecule has 3 heterocycles. The summed E-state index contributed by atoms with van der Waals surface area (Å²) in [7, 11) is 0. The minimum absolute atomic E-state index is 0.0121. The van der Waals surface area contributed by atoms with Crippen molar-refractivity contribution in [2.45, 2.75) is 32.8 Å². The number of hydrogen-bond acceptors (Lipinski definition) is 4. The fraction of sp³-hybridized carbons (Fsp3) is 0.409. The van der Waals surface area contributed by atoms with Crippen LogP contribution in [0, 0.1) is 19.8 Å². The number of carbonyl (C=O) groups is 2. The summed E-state index contributed by atoms with van der Waals surface area (Å²) in [5, 5.41) is 0. The van der Waals surface area contributed by atoms with Crippen LogP contribution in [0.25, 0.3) is 0 Å². The molecule has 2 saturated heterocycles. The number of amides is 2. The molecule has 1 aromatic heterocycles. The normalized spacial score (nSPS) is 22.0. The molecule has 0 aliphatic carbocycles. The average Bonchev–Trinajstić information content (AvgIpc) is 3.31. The van der Waals surface area contributed by atoms with Gasteiger partial charge in [-0.25, -0.2) is 4.98 Å². The highest BCUT2D eigenvalue weighted by Gasteiger charge is 2.39. The van der Waals surface area contributed by atoms with E-state index in [4.69, 9.17) is 4.74 Å². The van der Waals surface area contributed by atoms with Crippen molar-refractivity contribution in [3.8, 4) is 5.88 Å². The zero-order valence-corrected chi connectivity index (χ0v) is 16.3. The van der Waals surface area contributed by atoms with Gasteiger partial charge in [-0.05, 0) is 31.5 Å². The molecule has 4 rings (SSSR count). The smallest absolute Gasteiger partial charge is 0.228 e. The predicted molar refractivity (Wildman–Crippen MR) is 106 cm³/mol. The Labute approximate surface area is 165 Å². The van der Waals surface area contributed by atoms with Gasteiger partial charge in [0.25, 0.3) is 0 Å². The Kier molecular flexibility index (Phi) is 5.03. The highest BCUT2D eigenvalue weighted by Crippen LogP contribution is 2.28. The number of pyridine rings is 1. The third-order valence-electron chi connectivity index (χ3n) is 5.45. The van der Waals surface area contributed by atoms with Crippen LogP contribution in [-0.4, -0.2) is 47.4 Å². The Morgan fingerprint density at radius 2 is 1.82 bits per heavy atom. The second kappa shape index (κ2) is 7.62. The fourth-order valence-electron chi connectivity index (χ4n) is 3.82. The molecule has 2 fully saturated rings. The lowest BCUT2D eigenvalue weighted by molar-refractivity contribution is -0.135. The van der Waals surface area contributed by atoms with Gasteiger partial charge in [0, 0.05) is 43.9 Å². The molecule has 2 aliphatic heterocycles. The standard InChI is InChI=1S/C22H25N3O3/c1-15-3-6-18(7-4-15)25-13-17(11-21(25)26)22(27)24-10-9-19(14-24)28-20-8-5-16(2)12-23-20/h3-8,12,17,19H,9-11,13-14H2,1-2H3. The minimum Gasteiger partial charge on any atom is -0.472 e. The van der Waals surface area contributed by atoms with Gasteiger partial charge in [0.1, 0.15) is 6.10 Å². The minimum atomic E-state index is -0.287. The van der Waals surface area contributed by atoms with Gasteiger partial charge >= 0.3 is 0 Å². The number of rotatable bonds is 4. The van der Waals surface area contributed by atoms with Crippen LogP contribution in [-0.2, 0) is 9.59 Å². The topological polar surface area (TPSA) is 62.7 Å². The molecule has 0 saturated carbocycles. The highest BCUT2D eigenvalue weighted by atomic mass is 16.5. The lowest BCUT2D eigenvalue weighted by Gasteiger charge is -2.21. The van der Waals surface area contributed by atoms with Crippen LogP contribution in [0.4, 0.5) is 5.69 Å². The van der Waals surface area contributed by atoms with Crippen molar-refractivity contribution in [1.29, 1.82) is 0 Å². The summed E-state index contributed by atoms with van der Waals surface area (Å²) < 4.78 is 5.91. The van der Waals surface area contributed by atoms with Crippen molar-refractivity contribution in [1.82, 2.24) is 9.88 Å². The van der Waals surface area contributed by atoms with Gasteiger partial charge in [-0.1, -0.05) is 23.8 Å². The van der Waals surface area contributed by atoms with E-state index in [1.54, 1.807) is 11.1 Å². The summed E-state index contributed by atoms with van der Waals surface area (Å²) in [6, 6.07) is 11.7. The fourth-order valence-corrected chi connectivity index (χ4v) is 3.82. The number of aryl methyl sites for hydroxylation is 2. The molecule has 2 amide bonds. The zero-order valence-electron chi connectivity index (χ0n) is 16.3. The van der Waals surface area contributed by atoms with E-state index in [0.29, 0.717) is 25.5 Å². The Morgan fingerprint density at radius 1 is 1.07 bits per heavy atom. The van der Waals surface area contributed by atoms with Crippen LogP contribution in [0.15, 0.2) is 42.6 Å². The molecule has 0 radical (unpaired) electrons. The maximum Gasteiger partial charge on any atom is 0.228 e. The van der Waals surface area contributed by atoms with E-state index in [0.717, 1.165) is 23.2 Å². The number of aromatic nitrogens is 1. The van der Waals surface area contributed by atoms with Crippen LogP contribution in [0.3, 0.4) is 0 Å². The van der Waals surface area contributed by atoms with E-state index in [1.165, 1.54) is 0 Å². The van der Waals surface area contributed by atoms with Gasteiger partial charge in [0.15, 0.2) is 0 Å². The highest BCUT2D eigenvalue weighted by molar-refractivity contribution is 6.00. The molecule has 0 spiro atoms. The van der Waals surface area contributed by atoms with E-state index in [2.05, 4.69) is 4.98 Å². The maximum absolute atomic E-state index is 12.9.